The van der Waals surface area contributed by atoms with E-state index in [2.05, 4.69) is 40.3 Å². The molecule has 1 N–H and O–H groups in total. The summed E-state index contributed by atoms with van der Waals surface area (Å²) in [5, 5.41) is 3.47. The Morgan fingerprint density at radius 2 is 2.17 bits per heavy atom. The van der Waals surface area contributed by atoms with Gasteiger partial charge in [-0.25, -0.2) is 0 Å². The summed E-state index contributed by atoms with van der Waals surface area (Å²) in [6.45, 7) is 5.82. The monoisotopic (exact) mass is 447 g/mol. The molecule has 1 saturated heterocycles. The SMILES string of the molecule is CN=C(NCCc1ccc(C)c(OC)c1)N1CCC(COC)C1.I. The third-order valence-electron chi connectivity index (χ3n) is 4.37. The predicted octanol–water partition coefficient (Wildman–Crippen LogP) is 2.71. The first-order valence-corrected chi connectivity index (χ1v) is 8.26. The summed E-state index contributed by atoms with van der Waals surface area (Å²) in [5.74, 6) is 2.55. The smallest absolute Gasteiger partial charge is 0.193 e. The molecule has 1 aliphatic heterocycles. The molecular weight excluding hydrogens is 417 g/mol. The van der Waals surface area contributed by atoms with Crippen LogP contribution in [0.15, 0.2) is 23.2 Å². The van der Waals surface area contributed by atoms with Crippen molar-refractivity contribution in [1.82, 2.24) is 10.2 Å². The molecule has 1 heterocycles. The van der Waals surface area contributed by atoms with Gasteiger partial charge in [0.2, 0.25) is 0 Å². The molecule has 1 aromatic rings. The van der Waals surface area contributed by atoms with Crippen molar-refractivity contribution in [3.63, 3.8) is 0 Å². The van der Waals surface area contributed by atoms with Gasteiger partial charge in [0.1, 0.15) is 5.75 Å². The van der Waals surface area contributed by atoms with E-state index in [1.807, 2.05) is 7.05 Å². The molecule has 1 aromatic carbocycles. The zero-order valence-corrected chi connectivity index (χ0v) is 17.5. The molecule has 5 nitrogen and oxygen atoms in total. The van der Waals surface area contributed by atoms with E-state index in [0.717, 1.165) is 44.4 Å². The third kappa shape index (κ3) is 5.81. The Labute approximate surface area is 162 Å². The quantitative estimate of drug-likeness (QED) is 0.414. The van der Waals surface area contributed by atoms with E-state index < -0.39 is 0 Å². The Balaban J connectivity index is 0.00000288. The molecule has 24 heavy (non-hydrogen) atoms. The van der Waals surface area contributed by atoms with Crippen molar-refractivity contribution in [2.75, 3.05) is 47.5 Å². The highest BCUT2D eigenvalue weighted by Crippen LogP contribution is 2.19. The van der Waals surface area contributed by atoms with Gasteiger partial charge in [-0.1, -0.05) is 12.1 Å². The minimum atomic E-state index is 0. The van der Waals surface area contributed by atoms with Gasteiger partial charge in [-0.2, -0.15) is 0 Å². The van der Waals surface area contributed by atoms with Gasteiger partial charge in [-0.15, -0.1) is 24.0 Å². The van der Waals surface area contributed by atoms with E-state index in [9.17, 15) is 0 Å². The van der Waals surface area contributed by atoms with Gasteiger partial charge in [-0.3, -0.25) is 4.99 Å². The molecule has 0 spiro atoms. The molecule has 0 aromatic heterocycles. The highest BCUT2D eigenvalue weighted by molar-refractivity contribution is 14.0. The van der Waals surface area contributed by atoms with Crippen LogP contribution in [0, 0.1) is 12.8 Å². The maximum Gasteiger partial charge on any atom is 0.193 e. The molecule has 1 fully saturated rings. The van der Waals surface area contributed by atoms with Crippen molar-refractivity contribution in [2.45, 2.75) is 19.8 Å². The van der Waals surface area contributed by atoms with Gasteiger partial charge in [-0.05, 0) is 37.0 Å². The minimum absolute atomic E-state index is 0. The molecule has 6 heteroatoms. The van der Waals surface area contributed by atoms with Crippen molar-refractivity contribution >= 4 is 29.9 Å². The molecule has 1 aliphatic rings. The maximum absolute atomic E-state index is 5.39. The summed E-state index contributed by atoms with van der Waals surface area (Å²) in [7, 11) is 5.34. The molecule has 1 atom stereocenters. The lowest BCUT2D eigenvalue weighted by molar-refractivity contribution is 0.157. The second-order valence-electron chi connectivity index (χ2n) is 6.08. The lowest BCUT2D eigenvalue weighted by Gasteiger charge is -2.21. The van der Waals surface area contributed by atoms with Crippen LogP contribution in [0.2, 0.25) is 0 Å². The Morgan fingerprint density at radius 1 is 1.38 bits per heavy atom. The number of rotatable bonds is 6. The van der Waals surface area contributed by atoms with E-state index in [0.29, 0.717) is 5.92 Å². The fourth-order valence-electron chi connectivity index (χ4n) is 3.07. The van der Waals surface area contributed by atoms with E-state index in [1.54, 1.807) is 14.2 Å². The zero-order valence-electron chi connectivity index (χ0n) is 15.2. The zero-order chi connectivity index (χ0) is 16.7. The fraction of sp³-hybridized carbons (Fsp3) is 0.611. The summed E-state index contributed by atoms with van der Waals surface area (Å²) < 4.78 is 10.6. The first-order chi connectivity index (χ1) is 11.2. The number of halogens is 1. The number of likely N-dealkylation sites (tertiary alicyclic amines) is 1. The van der Waals surface area contributed by atoms with Crippen LogP contribution < -0.4 is 10.1 Å². The average Bonchev–Trinajstić information content (AvgIpc) is 3.02. The highest BCUT2D eigenvalue weighted by atomic mass is 127. The number of hydrogen-bond acceptors (Lipinski definition) is 3. The predicted molar refractivity (Wildman–Crippen MR) is 110 cm³/mol. The third-order valence-corrected chi connectivity index (χ3v) is 4.37. The average molecular weight is 447 g/mol. The molecule has 0 aliphatic carbocycles. The highest BCUT2D eigenvalue weighted by Gasteiger charge is 2.24. The first-order valence-electron chi connectivity index (χ1n) is 8.26. The minimum Gasteiger partial charge on any atom is -0.496 e. The summed E-state index contributed by atoms with van der Waals surface area (Å²) in [4.78, 5) is 6.73. The van der Waals surface area contributed by atoms with E-state index in [-0.39, 0.29) is 24.0 Å². The van der Waals surface area contributed by atoms with Gasteiger partial charge < -0.3 is 19.7 Å². The molecule has 2 rings (SSSR count). The van der Waals surface area contributed by atoms with Crippen LogP contribution in [0.1, 0.15) is 17.5 Å². The van der Waals surface area contributed by atoms with Crippen LogP contribution in [0.5, 0.6) is 5.75 Å². The lowest BCUT2D eigenvalue weighted by Crippen LogP contribution is -2.41. The normalized spacial score (nSPS) is 17.6. The van der Waals surface area contributed by atoms with Gasteiger partial charge in [0, 0.05) is 39.7 Å². The standard InChI is InChI=1S/C18H29N3O2.HI/c1-14-5-6-15(11-17(14)23-4)7-9-20-18(19-2)21-10-8-16(12-21)13-22-3;/h5-6,11,16H,7-10,12-13H2,1-4H3,(H,19,20);1H. The lowest BCUT2D eigenvalue weighted by atomic mass is 10.1. The second-order valence-corrected chi connectivity index (χ2v) is 6.08. The number of nitrogens with one attached hydrogen (secondary N) is 1. The van der Waals surface area contributed by atoms with E-state index >= 15 is 0 Å². The number of guanidine groups is 1. The van der Waals surface area contributed by atoms with Gasteiger partial charge in [0.05, 0.1) is 13.7 Å². The van der Waals surface area contributed by atoms with Gasteiger partial charge in [0.15, 0.2) is 5.96 Å². The Kier molecular flexibility index (Phi) is 9.43. The van der Waals surface area contributed by atoms with Crippen LogP contribution in [0.4, 0.5) is 0 Å². The fourth-order valence-corrected chi connectivity index (χ4v) is 3.07. The van der Waals surface area contributed by atoms with Crippen LogP contribution in [0.3, 0.4) is 0 Å². The van der Waals surface area contributed by atoms with Crippen LogP contribution in [0.25, 0.3) is 0 Å². The summed E-state index contributed by atoms with van der Waals surface area (Å²) >= 11 is 0. The number of aliphatic imine (C=N–C) groups is 1. The molecule has 1 unspecified atom stereocenters. The van der Waals surface area contributed by atoms with Crippen LogP contribution >= 0.6 is 24.0 Å². The van der Waals surface area contributed by atoms with E-state index in [4.69, 9.17) is 9.47 Å². The number of methoxy groups -OCH3 is 2. The largest absolute Gasteiger partial charge is 0.496 e. The summed E-state index contributed by atoms with van der Waals surface area (Å²) in [6, 6.07) is 6.38. The topological polar surface area (TPSA) is 46.1 Å². The first kappa shape index (κ1) is 21.0. The van der Waals surface area contributed by atoms with Crippen molar-refractivity contribution in [3.8, 4) is 5.75 Å². The van der Waals surface area contributed by atoms with Crippen molar-refractivity contribution < 1.29 is 9.47 Å². The van der Waals surface area contributed by atoms with Gasteiger partial charge in [0.25, 0.3) is 0 Å². The van der Waals surface area contributed by atoms with Crippen LogP contribution in [-0.2, 0) is 11.2 Å². The molecule has 136 valence electrons. The summed E-state index contributed by atoms with van der Waals surface area (Å²) in [6.07, 6.45) is 2.12. The number of aryl methyl sites for hydroxylation is 1. The number of hydrogen-bond donors (Lipinski definition) is 1. The Bertz CT molecular complexity index is 537. The number of nitrogens with zero attached hydrogens (tertiary/aromatic N) is 2. The maximum atomic E-state index is 5.39. The number of benzene rings is 1. The Morgan fingerprint density at radius 3 is 2.83 bits per heavy atom. The second kappa shape index (κ2) is 10.8. The van der Waals surface area contributed by atoms with Crippen molar-refractivity contribution in [3.05, 3.63) is 29.3 Å². The van der Waals surface area contributed by atoms with Crippen molar-refractivity contribution in [1.29, 1.82) is 0 Å². The Hall–Kier alpha value is -1.02. The molecule has 0 saturated carbocycles. The molecule has 0 amide bonds. The molecule has 0 radical (unpaired) electrons. The van der Waals surface area contributed by atoms with E-state index in [1.165, 1.54) is 17.5 Å². The van der Waals surface area contributed by atoms with Crippen molar-refractivity contribution in [2.24, 2.45) is 10.9 Å². The number of ether oxygens (including phenoxy) is 2. The summed E-state index contributed by atoms with van der Waals surface area (Å²) in [5.41, 5.74) is 2.44. The van der Waals surface area contributed by atoms with Gasteiger partial charge >= 0.3 is 0 Å². The molecular formula is C18H30IN3O2. The molecule has 0 bridgehead atoms. The van der Waals surface area contributed by atoms with Crippen LogP contribution in [-0.4, -0.2) is 58.4 Å².